The van der Waals surface area contributed by atoms with Gasteiger partial charge < -0.3 is 4.74 Å². The summed E-state index contributed by atoms with van der Waals surface area (Å²) in [6, 6.07) is 9.49. The zero-order valence-electron chi connectivity index (χ0n) is 9.77. The summed E-state index contributed by atoms with van der Waals surface area (Å²) in [5.74, 6) is -0.789. The van der Waals surface area contributed by atoms with Gasteiger partial charge in [-0.05, 0) is 19.1 Å². The van der Waals surface area contributed by atoms with Crippen molar-refractivity contribution < 1.29 is 14.3 Å². The number of carbonyl (C=O) groups is 2. The summed E-state index contributed by atoms with van der Waals surface area (Å²) in [5, 5.41) is 0.989. The first-order valence-corrected chi connectivity index (χ1v) is 5.30. The average Bonchev–Trinajstić information content (AvgIpc) is 2.64. The molecule has 2 aromatic rings. The third kappa shape index (κ3) is 2.06. The van der Waals surface area contributed by atoms with Crippen LogP contribution in [-0.4, -0.2) is 23.6 Å². The van der Waals surface area contributed by atoms with Crippen molar-refractivity contribution in [1.82, 2.24) is 4.57 Å². The molecule has 88 valence electrons. The van der Waals surface area contributed by atoms with Gasteiger partial charge in [-0.15, -0.1) is 0 Å². The van der Waals surface area contributed by atoms with Crippen molar-refractivity contribution in [2.45, 2.75) is 13.3 Å². The average molecular weight is 231 g/mol. The minimum Gasteiger partial charge on any atom is -0.469 e. The van der Waals surface area contributed by atoms with E-state index >= 15 is 0 Å². The van der Waals surface area contributed by atoms with E-state index in [0.717, 1.165) is 16.6 Å². The number of hydrogen-bond acceptors (Lipinski definition) is 3. The smallest absolute Gasteiger partial charge is 0.315 e. The van der Waals surface area contributed by atoms with Crippen LogP contribution >= 0.6 is 0 Å². The van der Waals surface area contributed by atoms with Crippen LogP contribution in [0.15, 0.2) is 30.3 Å². The summed E-state index contributed by atoms with van der Waals surface area (Å²) in [6.45, 7) is 1.84. The van der Waals surface area contributed by atoms with Crippen LogP contribution in [0, 0.1) is 6.92 Å². The Morgan fingerprint density at radius 2 is 2.00 bits per heavy atom. The Labute approximate surface area is 98.8 Å². The van der Waals surface area contributed by atoms with E-state index in [-0.39, 0.29) is 12.3 Å². The molecule has 4 heteroatoms. The third-order valence-electron chi connectivity index (χ3n) is 2.67. The van der Waals surface area contributed by atoms with Crippen molar-refractivity contribution in [3.05, 3.63) is 36.0 Å². The van der Waals surface area contributed by atoms with E-state index in [4.69, 9.17) is 0 Å². The lowest BCUT2D eigenvalue weighted by Crippen LogP contribution is -2.17. The van der Waals surface area contributed by atoms with Crippen molar-refractivity contribution in [2.24, 2.45) is 0 Å². The molecule has 0 fully saturated rings. The fourth-order valence-electron chi connectivity index (χ4n) is 1.90. The second-order valence-electron chi connectivity index (χ2n) is 3.83. The molecule has 0 atom stereocenters. The third-order valence-corrected chi connectivity index (χ3v) is 2.67. The van der Waals surface area contributed by atoms with Crippen LogP contribution in [0.25, 0.3) is 10.9 Å². The monoisotopic (exact) mass is 231 g/mol. The Morgan fingerprint density at radius 1 is 1.29 bits per heavy atom. The van der Waals surface area contributed by atoms with Gasteiger partial charge in [0, 0.05) is 11.1 Å². The number of ether oxygens (including phenoxy) is 1. The number of rotatable bonds is 2. The van der Waals surface area contributed by atoms with E-state index in [1.165, 1.54) is 7.11 Å². The van der Waals surface area contributed by atoms with E-state index in [1.807, 2.05) is 37.3 Å². The molecule has 4 nitrogen and oxygen atoms in total. The summed E-state index contributed by atoms with van der Waals surface area (Å²) < 4.78 is 6.05. The highest BCUT2D eigenvalue weighted by Gasteiger charge is 2.15. The number of para-hydroxylation sites is 1. The van der Waals surface area contributed by atoms with Crippen LogP contribution in [0.1, 0.15) is 16.9 Å². The van der Waals surface area contributed by atoms with Crippen LogP contribution in [0.4, 0.5) is 0 Å². The van der Waals surface area contributed by atoms with Gasteiger partial charge in [-0.2, -0.15) is 0 Å². The first-order valence-electron chi connectivity index (χ1n) is 5.30. The SMILES string of the molecule is COC(=O)CC(=O)n1c(C)cc2ccccc21. The molecule has 0 spiro atoms. The zero-order valence-corrected chi connectivity index (χ0v) is 9.77. The fourth-order valence-corrected chi connectivity index (χ4v) is 1.90. The molecule has 0 N–H and O–H groups in total. The summed E-state index contributed by atoms with van der Waals surface area (Å²) in [6.07, 6.45) is -0.240. The number of benzene rings is 1. The molecule has 0 unspecified atom stereocenters. The van der Waals surface area contributed by atoms with Crippen molar-refractivity contribution in [1.29, 1.82) is 0 Å². The number of carbonyl (C=O) groups excluding carboxylic acids is 2. The molecule has 1 heterocycles. The van der Waals surface area contributed by atoms with Gasteiger partial charge in [-0.3, -0.25) is 14.2 Å². The van der Waals surface area contributed by atoms with Gasteiger partial charge in [0.05, 0.1) is 12.6 Å². The van der Waals surface area contributed by atoms with E-state index in [0.29, 0.717) is 0 Å². The Morgan fingerprint density at radius 3 is 2.71 bits per heavy atom. The van der Waals surface area contributed by atoms with Gasteiger partial charge in [0.15, 0.2) is 0 Å². The van der Waals surface area contributed by atoms with Crippen LogP contribution in [0.2, 0.25) is 0 Å². The van der Waals surface area contributed by atoms with Crippen molar-refractivity contribution in [3.8, 4) is 0 Å². The van der Waals surface area contributed by atoms with Gasteiger partial charge in [0.2, 0.25) is 5.91 Å². The first kappa shape index (κ1) is 11.4. The Hall–Kier alpha value is -2.10. The van der Waals surface area contributed by atoms with Crippen LogP contribution in [-0.2, 0) is 9.53 Å². The lowest BCUT2D eigenvalue weighted by Gasteiger charge is -2.05. The molecule has 0 aliphatic heterocycles. The first-order chi connectivity index (χ1) is 8.13. The number of esters is 1. The largest absolute Gasteiger partial charge is 0.469 e. The van der Waals surface area contributed by atoms with Crippen LogP contribution in [0.5, 0.6) is 0 Å². The number of hydrogen-bond donors (Lipinski definition) is 0. The van der Waals surface area contributed by atoms with Gasteiger partial charge in [0.1, 0.15) is 6.42 Å². The highest BCUT2D eigenvalue weighted by atomic mass is 16.5. The summed E-state index contributed by atoms with van der Waals surface area (Å²) in [5.41, 5.74) is 1.64. The fraction of sp³-hybridized carbons (Fsp3) is 0.231. The molecule has 0 saturated heterocycles. The normalized spacial score (nSPS) is 10.5. The van der Waals surface area contributed by atoms with Crippen LogP contribution in [0.3, 0.4) is 0 Å². The molecule has 2 rings (SSSR count). The maximum Gasteiger partial charge on any atom is 0.315 e. The Balaban J connectivity index is 2.44. The molecule has 0 aliphatic carbocycles. The van der Waals surface area contributed by atoms with Gasteiger partial charge >= 0.3 is 5.97 Å². The molecule has 1 aromatic heterocycles. The van der Waals surface area contributed by atoms with Crippen LogP contribution < -0.4 is 0 Å². The van der Waals surface area contributed by atoms with E-state index < -0.39 is 5.97 Å². The van der Waals surface area contributed by atoms with Gasteiger partial charge in [0.25, 0.3) is 0 Å². The number of nitrogens with zero attached hydrogens (tertiary/aromatic N) is 1. The van der Waals surface area contributed by atoms with Crippen molar-refractivity contribution in [3.63, 3.8) is 0 Å². The second kappa shape index (κ2) is 4.41. The predicted octanol–water partition coefficient (Wildman–Crippen LogP) is 2.15. The minimum atomic E-state index is -0.521. The molecule has 0 bridgehead atoms. The topological polar surface area (TPSA) is 48.3 Å². The molecule has 17 heavy (non-hydrogen) atoms. The summed E-state index contributed by atoms with van der Waals surface area (Å²) in [7, 11) is 1.27. The Bertz CT molecular complexity index is 583. The molecule has 1 aromatic carbocycles. The lowest BCUT2D eigenvalue weighted by atomic mass is 10.2. The number of aromatic nitrogens is 1. The molecule has 0 saturated carbocycles. The highest BCUT2D eigenvalue weighted by molar-refractivity contribution is 6.01. The summed E-state index contributed by atoms with van der Waals surface area (Å²) in [4.78, 5) is 23.1. The van der Waals surface area contributed by atoms with Crippen molar-refractivity contribution in [2.75, 3.05) is 7.11 Å². The number of aryl methyl sites for hydroxylation is 1. The number of fused-ring (bicyclic) bond motifs is 1. The standard InChI is InChI=1S/C13H13NO3/c1-9-7-10-5-3-4-6-11(10)14(9)12(15)8-13(16)17-2/h3-7H,8H2,1-2H3. The maximum absolute atomic E-state index is 12.0. The maximum atomic E-state index is 12.0. The zero-order chi connectivity index (χ0) is 12.4. The van der Waals surface area contributed by atoms with E-state index in [2.05, 4.69) is 4.74 Å². The molecular weight excluding hydrogens is 218 g/mol. The lowest BCUT2D eigenvalue weighted by molar-refractivity contribution is -0.139. The molecule has 0 radical (unpaired) electrons. The molecule has 0 amide bonds. The molecular formula is C13H13NO3. The molecule has 0 aliphatic rings. The Kier molecular flexibility index (Phi) is 2.95. The van der Waals surface area contributed by atoms with E-state index in [1.54, 1.807) is 4.57 Å². The van der Waals surface area contributed by atoms with Gasteiger partial charge in [-0.1, -0.05) is 18.2 Å². The van der Waals surface area contributed by atoms with E-state index in [9.17, 15) is 9.59 Å². The predicted molar refractivity (Wildman–Crippen MR) is 63.9 cm³/mol. The second-order valence-corrected chi connectivity index (χ2v) is 3.83. The highest BCUT2D eigenvalue weighted by Crippen LogP contribution is 2.19. The quantitative estimate of drug-likeness (QED) is 0.587. The summed E-state index contributed by atoms with van der Waals surface area (Å²) >= 11 is 0. The minimum absolute atomic E-state index is 0.240. The van der Waals surface area contributed by atoms with Gasteiger partial charge in [-0.25, -0.2) is 0 Å². The van der Waals surface area contributed by atoms with Crippen molar-refractivity contribution >= 4 is 22.8 Å². The number of methoxy groups -OCH3 is 1.